The molecule has 2 fully saturated rings. The average Bonchev–Trinajstić information content (AvgIpc) is 2.55. The van der Waals surface area contributed by atoms with Gasteiger partial charge in [0.05, 0.1) is 5.92 Å². The van der Waals surface area contributed by atoms with Crippen molar-refractivity contribution in [1.82, 2.24) is 10.2 Å². The molecule has 1 aliphatic carbocycles. The number of halogens is 1. The SMILES string of the molecule is O=C(O)C1CCCN(C(=O)NCC2(c3ccc(Cl)cc3)CCC2)C1. The van der Waals surface area contributed by atoms with Crippen molar-refractivity contribution in [1.29, 1.82) is 0 Å². The standard InChI is InChI=1S/C18H23ClN2O3/c19-15-6-4-14(5-7-15)18(8-2-9-18)12-20-17(24)21-10-1-3-13(11-21)16(22)23/h4-7,13H,1-3,8-12H2,(H,20,24)(H,22,23). The van der Waals surface area contributed by atoms with Gasteiger partial charge < -0.3 is 15.3 Å². The van der Waals surface area contributed by atoms with Crippen LogP contribution in [0.4, 0.5) is 4.79 Å². The molecule has 0 bridgehead atoms. The highest BCUT2D eigenvalue weighted by molar-refractivity contribution is 6.30. The Bertz CT molecular complexity index is 613. The molecule has 1 unspecified atom stereocenters. The third kappa shape index (κ3) is 3.51. The van der Waals surface area contributed by atoms with Crippen molar-refractivity contribution in [2.45, 2.75) is 37.5 Å². The van der Waals surface area contributed by atoms with Crippen LogP contribution >= 0.6 is 11.6 Å². The number of carboxylic acids is 1. The Morgan fingerprint density at radius 1 is 1.25 bits per heavy atom. The molecule has 0 spiro atoms. The molecule has 5 nitrogen and oxygen atoms in total. The fourth-order valence-corrected chi connectivity index (χ4v) is 3.82. The van der Waals surface area contributed by atoms with Gasteiger partial charge in [-0.3, -0.25) is 4.79 Å². The molecule has 1 aromatic rings. The normalized spacial score (nSPS) is 22.5. The third-order valence-corrected chi connectivity index (χ3v) is 5.66. The van der Waals surface area contributed by atoms with Crippen molar-refractivity contribution >= 4 is 23.6 Å². The van der Waals surface area contributed by atoms with Gasteiger partial charge >= 0.3 is 12.0 Å². The summed E-state index contributed by atoms with van der Waals surface area (Å²) in [6, 6.07) is 7.70. The highest BCUT2D eigenvalue weighted by Crippen LogP contribution is 2.43. The number of carbonyl (C=O) groups excluding carboxylic acids is 1. The first kappa shape index (κ1) is 17.1. The Morgan fingerprint density at radius 3 is 2.54 bits per heavy atom. The molecule has 130 valence electrons. The second-order valence-corrected chi connectivity index (χ2v) is 7.36. The summed E-state index contributed by atoms with van der Waals surface area (Å²) in [6.45, 7) is 1.51. The lowest BCUT2D eigenvalue weighted by atomic mass is 9.64. The molecule has 2 N–H and O–H groups in total. The Hall–Kier alpha value is -1.75. The number of likely N-dealkylation sites (tertiary alicyclic amines) is 1. The van der Waals surface area contributed by atoms with Crippen LogP contribution in [0.3, 0.4) is 0 Å². The number of piperidine rings is 1. The molecule has 1 saturated carbocycles. The molecular formula is C18H23ClN2O3. The van der Waals surface area contributed by atoms with Gasteiger partial charge in [-0.25, -0.2) is 4.79 Å². The third-order valence-electron chi connectivity index (χ3n) is 5.40. The van der Waals surface area contributed by atoms with Crippen molar-refractivity contribution in [2.24, 2.45) is 5.92 Å². The lowest BCUT2D eigenvalue weighted by Crippen LogP contribution is -2.52. The first-order chi connectivity index (χ1) is 11.5. The molecule has 1 heterocycles. The summed E-state index contributed by atoms with van der Waals surface area (Å²) < 4.78 is 0. The van der Waals surface area contributed by atoms with Gasteiger partial charge in [-0.1, -0.05) is 30.2 Å². The maximum absolute atomic E-state index is 12.4. The van der Waals surface area contributed by atoms with Gasteiger partial charge in [0.25, 0.3) is 0 Å². The minimum absolute atomic E-state index is 0.0117. The zero-order valence-corrected chi connectivity index (χ0v) is 14.4. The Labute approximate surface area is 147 Å². The smallest absolute Gasteiger partial charge is 0.317 e. The second-order valence-electron chi connectivity index (χ2n) is 6.92. The van der Waals surface area contributed by atoms with Crippen molar-refractivity contribution < 1.29 is 14.7 Å². The van der Waals surface area contributed by atoms with Gasteiger partial charge in [0.1, 0.15) is 0 Å². The molecule has 6 heteroatoms. The number of aliphatic carboxylic acids is 1. The Balaban J connectivity index is 1.60. The van der Waals surface area contributed by atoms with Crippen molar-refractivity contribution in [3.05, 3.63) is 34.9 Å². The van der Waals surface area contributed by atoms with Gasteiger partial charge in [-0.2, -0.15) is 0 Å². The van der Waals surface area contributed by atoms with E-state index in [1.807, 2.05) is 24.3 Å². The monoisotopic (exact) mass is 350 g/mol. The summed E-state index contributed by atoms with van der Waals surface area (Å²) in [5, 5.41) is 12.9. The number of hydrogen-bond acceptors (Lipinski definition) is 2. The van der Waals surface area contributed by atoms with Crippen LogP contribution in [0.25, 0.3) is 0 Å². The molecule has 1 aromatic carbocycles. The summed E-state index contributed by atoms with van der Waals surface area (Å²) in [6.07, 6.45) is 4.64. The largest absolute Gasteiger partial charge is 0.481 e. The van der Waals surface area contributed by atoms with E-state index in [0.717, 1.165) is 25.7 Å². The van der Waals surface area contributed by atoms with E-state index in [9.17, 15) is 9.59 Å². The van der Waals surface area contributed by atoms with Crippen molar-refractivity contribution in [2.75, 3.05) is 19.6 Å². The number of carboxylic acid groups (broad SMARTS) is 1. The van der Waals surface area contributed by atoms with Gasteiger partial charge in [0.2, 0.25) is 0 Å². The van der Waals surface area contributed by atoms with Crippen LogP contribution in [-0.2, 0) is 10.2 Å². The van der Waals surface area contributed by atoms with E-state index in [1.165, 1.54) is 5.56 Å². The maximum atomic E-state index is 12.4. The van der Waals surface area contributed by atoms with Crippen LogP contribution in [0.15, 0.2) is 24.3 Å². The molecular weight excluding hydrogens is 328 g/mol. The van der Waals surface area contributed by atoms with Crippen LogP contribution in [0, 0.1) is 5.92 Å². The number of nitrogens with zero attached hydrogens (tertiary/aromatic N) is 1. The fourth-order valence-electron chi connectivity index (χ4n) is 3.69. The van der Waals surface area contributed by atoms with Crippen LogP contribution in [0.5, 0.6) is 0 Å². The molecule has 2 aliphatic rings. The average molecular weight is 351 g/mol. The fraction of sp³-hybridized carbons (Fsp3) is 0.556. The zero-order valence-electron chi connectivity index (χ0n) is 13.6. The van der Waals surface area contributed by atoms with E-state index < -0.39 is 11.9 Å². The topological polar surface area (TPSA) is 69.6 Å². The van der Waals surface area contributed by atoms with Crippen LogP contribution in [0.2, 0.25) is 5.02 Å². The van der Waals surface area contributed by atoms with E-state index in [0.29, 0.717) is 31.1 Å². The highest BCUT2D eigenvalue weighted by atomic mass is 35.5. The number of carbonyl (C=O) groups is 2. The number of hydrogen-bond donors (Lipinski definition) is 2. The second kappa shape index (κ2) is 7.01. The quantitative estimate of drug-likeness (QED) is 0.875. The minimum Gasteiger partial charge on any atom is -0.481 e. The number of benzene rings is 1. The molecule has 1 atom stereocenters. The number of urea groups is 1. The van der Waals surface area contributed by atoms with E-state index in [1.54, 1.807) is 4.90 Å². The molecule has 0 aromatic heterocycles. The first-order valence-electron chi connectivity index (χ1n) is 8.52. The summed E-state index contributed by atoms with van der Waals surface area (Å²) in [5.41, 5.74) is 1.20. The lowest BCUT2D eigenvalue weighted by molar-refractivity contribution is -0.143. The van der Waals surface area contributed by atoms with Crippen molar-refractivity contribution in [3.63, 3.8) is 0 Å². The van der Waals surface area contributed by atoms with Gasteiger partial charge in [-0.05, 0) is 43.4 Å². The minimum atomic E-state index is -0.816. The maximum Gasteiger partial charge on any atom is 0.317 e. The first-order valence-corrected chi connectivity index (χ1v) is 8.90. The highest BCUT2D eigenvalue weighted by Gasteiger charge is 2.39. The molecule has 1 saturated heterocycles. The molecule has 0 radical (unpaired) electrons. The van der Waals surface area contributed by atoms with E-state index in [-0.39, 0.29) is 11.4 Å². The van der Waals surface area contributed by atoms with Gasteiger partial charge in [0, 0.05) is 30.1 Å². The molecule has 3 rings (SSSR count). The van der Waals surface area contributed by atoms with Crippen molar-refractivity contribution in [3.8, 4) is 0 Å². The Kier molecular flexibility index (Phi) is 4.99. The number of rotatable bonds is 4. The summed E-state index contributed by atoms with van der Waals surface area (Å²) >= 11 is 5.97. The lowest BCUT2D eigenvalue weighted by Gasteiger charge is -2.43. The molecule has 1 aliphatic heterocycles. The van der Waals surface area contributed by atoms with Crippen LogP contribution in [0.1, 0.15) is 37.7 Å². The van der Waals surface area contributed by atoms with E-state index in [4.69, 9.17) is 16.7 Å². The van der Waals surface area contributed by atoms with Crippen LogP contribution in [-0.4, -0.2) is 41.6 Å². The van der Waals surface area contributed by atoms with Gasteiger partial charge in [-0.15, -0.1) is 0 Å². The van der Waals surface area contributed by atoms with E-state index in [2.05, 4.69) is 5.32 Å². The number of amides is 2. The molecule has 2 amide bonds. The predicted molar refractivity (Wildman–Crippen MR) is 92.3 cm³/mol. The summed E-state index contributed by atoms with van der Waals surface area (Å²) in [7, 11) is 0. The van der Waals surface area contributed by atoms with Crippen LogP contribution < -0.4 is 5.32 Å². The molecule has 24 heavy (non-hydrogen) atoms. The predicted octanol–water partition coefficient (Wildman–Crippen LogP) is 3.27. The summed E-state index contributed by atoms with van der Waals surface area (Å²) in [4.78, 5) is 25.2. The van der Waals surface area contributed by atoms with Gasteiger partial charge in [0.15, 0.2) is 0 Å². The Morgan fingerprint density at radius 2 is 1.96 bits per heavy atom. The van der Waals surface area contributed by atoms with E-state index >= 15 is 0 Å². The number of nitrogens with one attached hydrogen (secondary N) is 1. The summed E-state index contributed by atoms with van der Waals surface area (Å²) in [5.74, 6) is -1.26. The zero-order chi connectivity index (χ0) is 17.2.